The minimum Gasteiger partial charge on any atom is -0.310 e. The number of benzene rings is 5. The molecular formula is C49H40N6. The fourth-order valence-corrected chi connectivity index (χ4v) is 7.85. The molecule has 8 aromatic rings. The van der Waals surface area contributed by atoms with Crippen molar-refractivity contribution in [1.82, 2.24) is 15.0 Å². The predicted molar refractivity (Wildman–Crippen MR) is 226 cm³/mol. The zero-order valence-electron chi connectivity index (χ0n) is 31.1. The Hall–Kier alpha value is -7.05. The van der Waals surface area contributed by atoms with Crippen LogP contribution in [0, 0.1) is 6.92 Å². The Morgan fingerprint density at radius 1 is 0.455 bits per heavy atom. The second-order valence-electron chi connectivity index (χ2n) is 14.3. The first-order valence-electron chi connectivity index (χ1n) is 18.6. The van der Waals surface area contributed by atoms with Crippen LogP contribution in [0.15, 0.2) is 189 Å². The van der Waals surface area contributed by atoms with Gasteiger partial charge in [0.25, 0.3) is 0 Å². The van der Waals surface area contributed by atoms with Gasteiger partial charge in [-0.05, 0) is 120 Å². The van der Waals surface area contributed by atoms with Gasteiger partial charge < -0.3 is 9.80 Å². The van der Waals surface area contributed by atoms with Gasteiger partial charge in [-0.2, -0.15) is 0 Å². The molecule has 0 amide bonds. The van der Waals surface area contributed by atoms with Crippen LogP contribution < -0.4 is 14.7 Å². The van der Waals surface area contributed by atoms with Gasteiger partial charge in [-0.25, -0.2) is 4.98 Å². The quantitative estimate of drug-likeness (QED) is 0.156. The van der Waals surface area contributed by atoms with Gasteiger partial charge >= 0.3 is 0 Å². The number of nitrogens with zero attached hydrogens (tertiary/aromatic N) is 6. The van der Waals surface area contributed by atoms with Crippen LogP contribution >= 0.6 is 0 Å². The number of aryl methyl sites for hydroxylation is 1. The molecule has 0 spiro atoms. The second-order valence-corrected chi connectivity index (χ2v) is 14.3. The van der Waals surface area contributed by atoms with E-state index in [4.69, 9.17) is 4.98 Å². The van der Waals surface area contributed by atoms with Crippen LogP contribution in [0.25, 0.3) is 11.1 Å². The van der Waals surface area contributed by atoms with E-state index in [2.05, 4.69) is 197 Å². The Bertz CT molecular complexity index is 2360. The number of fused-ring (bicyclic) bond motifs is 2. The van der Waals surface area contributed by atoms with E-state index in [9.17, 15) is 0 Å². The molecule has 0 saturated heterocycles. The second kappa shape index (κ2) is 14.1. The maximum absolute atomic E-state index is 5.22. The van der Waals surface area contributed by atoms with Crippen molar-refractivity contribution in [1.29, 1.82) is 0 Å². The summed E-state index contributed by atoms with van der Waals surface area (Å²) in [5.74, 6) is 0.904. The minimum absolute atomic E-state index is 0.397. The number of pyridine rings is 3. The average molecular weight is 713 g/mol. The van der Waals surface area contributed by atoms with Crippen molar-refractivity contribution >= 4 is 51.3 Å². The average Bonchev–Trinajstić information content (AvgIpc) is 3.24. The smallest absolute Gasteiger partial charge is 0.140 e. The molecule has 6 nitrogen and oxygen atoms in total. The van der Waals surface area contributed by atoms with Gasteiger partial charge in [0.05, 0.1) is 11.4 Å². The molecule has 0 aliphatic carbocycles. The van der Waals surface area contributed by atoms with Gasteiger partial charge in [0, 0.05) is 76.1 Å². The number of rotatable bonds is 8. The van der Waals surface area contributed by atoms with Gasteiger partial charge in [0.1, 0.15) is 5.82 Å². The molecule has 9 rings (SSSR count). The molecule has 5 aromatic carbocycles. The Labute approximate surface area is 322 Å². The first kappa shape index (κ1) is 33.8. The summed E-state index contributed by atoms with van der Waals surface area (Å²) in [5.41, 5.74) is 13.9. The highest BCUT2D eigenvalue weighted by Gasteiger charge is 2.39. The van der Waals surface area contributed by atoms with E-state index in [1.54, 1.807) is 0 Å². The van der Waals surface area contributed by atoms with Crippen LogP contribution in [-0.4, -0.2) is 15.0 Å². The Morgan fingerprint density at radius 2 is 0.891 bits per heavy atom. The highest BCUT2D eigenvalue weighted by molar-refractivity contribution is 5.90. The van der Waals surface area contributed by atoms with Crippen molar-refractivity contribution in [2.45, 2.75) is 26.2 Å². The SMILES string of the molecule is Cc1cc(-c2ccccc2)cnc1N1c2ccc(N(c3ccccc3)c3ccncc3)cc2C(C)(C)c2cc(N(c3ccccc3)c3ccncc3)ccc21. The number of para-hydroxylation sites is 2. The summed E-state index contributed by atoms with van der Waals surface area (Å²) < 4.78 is 0. The van der Waals surface area contributed by atoms with Crippen LogP contribution in [0.1, 0.15) is 30.5 Å². The zero-order chi connectivity index (χ0) is 37.4. The molecule has 266 valence electrons. The molecule has 0 unspecified atom stereocenters. The van der Waals surface area contributed by atoms with Gasteiger partial charge in [0.2, 0.25) is 0 Å². The largest absolute Gasteiger partial charge is 0.310 e. The summed E-state index contributed by atoms with van der Waals surface area (Å²) in [5, 5.41) is 0. The molecular weight excluding hydrogens is 673 g/mol. The monoisotopic (exact) mass is 712 g/mol. The van der Waals surface area contributed by atoms with E-state index in [1.165, 1.54) is 11.1 Å². The molecule has 0 bridgehead atoms. The first-order chi connectivity index (χ1) is 27.0. The van der Waals surface area contributed by atoms with E-state index >= 15 is 0 Å². The molecule has 1 aliphatic rings. The van der Waals surface area contributed by atoms with Gasteiger partial charge in [-0.15, -0.1) is 0 Å². The molecule has 4 heterocycles. The lowest BCUT2D eigenvalue weighted by Gasteiger charge is -2.43. The van der Waals surface area contributed by atoms with Gasteiger partial charge in [-0.3, -0.25) is 14.9 Å². The summed E-state index contributed by atoms with van der Waals surface area (Å²) in [4.78, 5) is 20.8. The Morgan fingerprint density at radius 3 is 1.35 bits per heavy atom. The lowest BCUT2D eigenvalue weighted by Crippen LogP contribution is -2.32. The fraction of sp³-hybridized carbons (Fsp3) is 0.0816. The normalized spacial score (nSPS) is 12.7. The van der Waals surface area contributed by atoms with E-state index < -0.39 is 5.41 Å². The van der Waals surface area contributed by atoms with Gasteiger partial charge in [-0.1, -0.05) is 80.6 Å². The molecule has 6 heteroatoms. The van der Waals surface area contributed by atoms with E-state index in [0.717, 1.165) is 68.0 Å². The lowest BCUT2D eigenvalue weighted by atomic mass is 9.73. The van der Waals surface area contributed by atoms with Crippen LogP contribution in [0.3, 0.4) is 0 Å². The van der Waals surface area contributed by atoms with E-state index in [-0.39, 0.29) is 0 Å². The summed E-state index contributed by atoms with van der Waals surface area (Å²) in [6, 6.07) is 55.7. The molecule has 1 aliphatic heterocycles. The van der Waals surface area contributed by atoms with E-state index in [1.807, 2.05) is 37.1 Å². The number of aromatic nitrogens is 3. The topological polar surface area (TPSA) is 48.4 Å². The number of anilines is 9. The van der Waals surface area contributed by atoms with Crippen LogP contribution in [0.2, 0.25) is 0 Å². The van der Waals surface area contributed by atoms with Crippen molar-refractivity contribution in [2.75, 3.05) is 14.7 Å². The maximum Gasteiger partial charge on any atom is 0.140 e. The van der Waals surface area contributed by atoms with Gasteiger partial charge in [0.15, 0.2) is 0 Å². The van der Waals surface area contributed by atoms with Crippen molar-refractivity contribution in [3.05, 3.63) is 205 Å². The van der Waals surface area contributed by atoms with Crippen LogP contribution in [0.4, 0.5) is 51.3 Å². The maximum atomic E-state index is 5.22. The third-order valence-electron chi connectivity index (χ3n) is 10.5. The summed E-state index contributed by atoms with van der Waals surface area (Å²) in [6.45, 7) is 6.84. The molecule has 3 aromatic heterocycles. The molecule has 55 heavy (non-hydrogen) atoms. The predicted octanol–water partition coefficient (Wildman–Crippen LogP) is 12.9. The zero-order valence-corrected chi connectivity index (χ0v) is 31.1. The van der Waals surface area contributed by atoms with Crippen LogP contribution in [-0.2, 0) is 5.41 Å². The van der Waals surface area contributed by atoms with Crippen LogP contribution in [0.5, 0.6) is 0 Å². The van der Waals surface area contributed by atoms with Crippen molar-refractivity contribution in [2.24, 2.45) is 0 Å². The lowest BCUT2D eigenvalue weighted by molar-refractivity contribution is 0.631. The third kappa shape index (κ3) is 6.17. The molecule has 0 radical (unpaired) electrons. The fourth-order valence-electron chi connectivity index (χ4n) is 7.85. The molecule has 0 fully saturated rings. The summed E-state index contributed by atoms with van der Waals surface area (Å²) in [6.07, 6.45) is 9.40. The molecule has 0 N–H and O–H groups in total. The minimum atomic E-state index is -0.397. The Kier molecular flexibility index (Phi) is 8.63. The first-order valence-corrected chi connectivity index (χ1v) is 18.6. The third-order valence-corrected chi connectivity index (χ3v) is 10.5. The number of hydrogen-bond donors (Lipinski definition) is 0. The Balaban J connectivity index is 1.26. The summed E-state index contributed by atoms with van der Waals surface area (Å²) >= 11 is 0. The van der Waals surface area contributed by atoms with Crippen molar-refractivity contribution in [3.8, 4) is 11.1 Å². The molecule has 0 atom stereocenters. The van der Waals surface area contributed by atoms with Crippen molar-refractivity contribution < 1.29 is 0 Å². The highest BCUT2D eigenvalue weighted by atomic mass is 15.2. The number of hydrogen-bond acceptors (Lipinski definition) is 6. The van der Waals surface area contributed by atoms with E-state index in [0.29, 0.717) is 0 Å². The highest BCUT2D eigenvalue weighted by Crippen LogP contribution is 2.55. The van der Waals surface area contributed by atoms with Crippen molar-refractivity contribution in [3.63, 3.8) is 0 Å². The summed E-state index contributed by atoms with van der Waals surface area (Å²) in [7, 11) is 0. The standard InChI is InChI=1S/C49H40N6/c1-35-31-37(36-13-7-4-8-14-36)34-52-48(35)55-46-21-19-42(53(38-15-9-5-10-16-38)40-23-27-50-28-24-40)32-44(46)49(2,3)45-33-43(20-22-47(45)55)54(39-17-11-6-12-18-39)41-25-29-51-30-26-41/h4-34H,1-3H3. The molecule has 0 saturated carbocycles.